The molecule has 23 heteroatoms. The minimum Gasteiger partial charge on any atom is -0.469 e. The highest BCUT2D eigenvalue weighted by Crippen LogP contribution is 2.42. The molecule has 4 aliphatic heterocycles. The van der Waals surface area contributed by atoms with E-state index in [1.165, 1.54) is 7.11 Å². The van der Waals surface area contributed by atoms with Crippen molar-refractivity contribution in [3.8, 4) is 0 Å². The molecule has 16 rings (SSSR count). The third-order valence-corrected chi connectivity index (χ3v) is 25.4. The Kier molecular flexibility index (Phi) is 41.7. The van der Waals surface area contributed by atoms with Crippen molar-refractivity contribution in [3.63, 3.8) is 0 Å². The van der Waals surface area contributed by atoms with E-state index in [9.17, 15) is 9.90 Å². The van der Waals surface area contributed by atoms with E-state index < -0.39 is 123 Å². The molecule has 0 unspecified atom stereocenters. The summed E-state index contributed by atoms with van der Waals surface area (Å²) in [6, 6.07) is 119. The lowest BCUT2D eigenvalue weighted by molar-refractivity contribution is -0.416. The molecule has 0 radical (unpaired) electrons. The standard InChI is InChI=1S/C118H132O23/c1-121-102(119)68-42-4-2-3-5-43-69-126-116-112(109(132-79-95-62-36-15-37-63-95)105(128-75-91-54-28-11-29-55-91)99(136-116)83-123-71-87-46-20-7-21-47-87)140-118-114(111(134-81-97-66-40-17-41-67-97)107(130-77-93-58-32-13-33-59-93)101(138-118)85-125-73-89-50-24-9-25-51-89)141-117-113(110(133-80-96-64-38-16-39-65-96)106(129-76-92-56-30-12-31-57-92)100(137-117)84-124-72-88-48-22-8-23-49-88)139-115-103(120)108(131-78-94-60-34-14-35-61-94)104(127-74-90-52-26-10-27-53-90)98(135-115)82-122-70-86-44-18-6-19-45-86/h6-41,44-67,98-101,103-118,120H,2-5,42-43,68-85H2,1H3/t98-,99-,100-,101-,103+,104-,105-,106-,107-,108-,109+,110+,111+,112+,113+,114+,115-,116-,117-,118-/m1/s1. The molecule has 141 heavy (non-hydrogen) atoms. The molecule has 12 aromatic rings. The molecule has 4 aliphatic rings. The van der Waals surface area contributed by atoms with Gasteiger partial charge in [-0.05, 0) is 79.6 Å². The summed E-state index contributed by atoms with van der Waals surface area (Å²) in [6.07, 6.45) is -19.8. The lowest BCUT2D eigenvalue weighted by Crippen LogP contribution is -2.69. The van der Waals surface area contributed by atoms with Gasteiger partial charge in [0.25, 0.3) is 0 Å². The molecule has 0 saturated carbocycles. The second kappa shape index (κ2) is 56.9. The lowest BCUT2D eigenvalue weighted by atomic mass is 9.94. The molecule has 1 N–H and O–H groups in total. The van der Waals surface area contributed by atoms with Crippen LogP contribution in [0.4, 0.5) is 0 Å². The Bertz CT molecular complexity index is 5380. The fourth-order valence-corrected chi connectivity index (χ4v) is 18.0. The van der Waals surface area contributed by atoms with E-state index >= 15 is 0 Å². The smallest absolute Gasteiger partial charge is 0.305 e. The van der Waals surface area contributed by atoms with Crippen LogP contribution in [0.25, 0.3) is 0 Å². The normalized spacial score (nSPS) is 24.6. The SMILES string of the molecule is COC(=O)CCCCCCCCO[C@@H]1O[C@H](COCc2ccccc2)[C@@H](OCc2ccccc2)[C@H](OCc2ccccc2)[C@@H]1O[C@H]1O[C@H](COCc2ccccc2)[C@@H](OCc2ccccc2)[C@H](OCc2ccccc2)[C@@H]1O[C@H]1O[C@H](COCc2ccccc2)[C@@H](OCc2ccccc2)[C@H](OCc2ccccc2)[C@@H]1O[C@H]1O[C@H](COCc2ccccc2)[C@@H](OCc2ccccc2)[C@H](OCc2ccccc2)[C@@H]1O. The number of unbranched alkanes of at least 4 members (excludes halogenated alkanes) is 5. The zero-order valence-electron chi connectivity index (χ0n) is 80.1. The summed E-state index contributed by atoms with van der Waals surface area (Å²) in [6.45, 7) is 1.31. The first-order valence-electron chi connectivity index (χ1n) is 49.4. The van der Waals surface area contributed by atoms with Gasteiger partial charge >= 0.3 is 5.97 Å². The van der Waals surface area contributed by atoms with Crippen molar-refractivity contribution in [3.05, 3.63) is 431 Å². The van der Waals surface area contributed by atoms with Crippen LogP contribution < -0.4 is 0 Å². The van der Waals surface area contributed by atoms with Crippen LogP contribution in [0.5, 0.6) is 0 Å². The Hall–Kier alpha value is -10.7. The van der Waals surface area contributed by atoms with Crippen LogP contribution in [0.15, 0.2) is 364 Å². The summed E-state index contributed by atoms with van der Waals surface area (Å²) in [5.74, 6) is -0.226. The summed E-state index contributed by atoms with van der Waals surface area (Å²) in [7, 11) is 1.42. The molecule has 0 amide bonds. The zero-order chi connectivity index (χ0) is 96.3. The van der Waals surface area contributed by atoms with Crippen LogP contribution in [0, 0.1) is 0 Å². The predicted molar refractivity (Wildman–Crippen MR) is 530 cm³/mol. The topological polar surface area (TPSA) is 231 Å². The number of esters is 1. The highest BCUT2D eigenvalue weighted by molar-refractivity contribution is 5.69. The van der Waals surface area contributed by atoms with Gasteiger partial charge in [0.2, 0.25) is 0 Å². The van der Waals surface area contributed by atoms with Gasteiger partial charge in [-0.2, -0.15) is 0 Å². The minimum absolute atomic E-state index is 0.000545. The average molecular weight is 1920 g/mol. The number of methoxy groups -OCH3 is 1. The van der Waals surface area contributed by atoms with Crippen LogP contribution >= 0.6 is 0 Å². The third-order valence-electron chi connectivity index (χ3n) is 25.4. The fourth-order valence-electron chi connectivity index (χ4n) is 18.0. The van der Waals surface area contributed by atoms with E-state index in [1.54, 1.807) is 0 Å². The number of carbonyl (C=O) groups excluding carboxylic acids is 1. The highest BCUT2D eigenvalue weighted by atomic mass is 16.8. The van der Waals surface area contributed by atoms with Crippen LogP contribution in [0.2, 0.25) is 0 Å². The van der Waals surface area contributed by atoms with Crippen LogP contribution in [-0.2, 0) is 184 Å². The van der Waals surface area contributed by atoms with Crippen molar-refractivity contribution in [1.29, 1.82) is 0 Å². The summed E-state index contributed by atoms with van der Waals surface area (Å²) in [5.41, 5.74) is 10.5. The number of aliphatic hydroxyl groups is 1. The van der Waals surface area contributed by atoms with E-state index in [0.717, 1.165) is 92.4 Å². The molecule has 742 valence electrons. The van der Waals surface area contributed by atoms with Gasteiger partial charge in [-0.15, -0.1) is 0 Å². The first kappa shape index (κ1) is 103. The maximum absolute atomic E-state index is 14.0. The van der Waals surface area contributed by atoms with Crippen molar-refractivity contribution >= 4 is 5.97 Å². The Morgan fingerprint density at radius 2 is 0.418 bits per heavy atom. The molecule has 4 saturated heterocycles. The largest absolute Gasteiger partial charge is 0.469 e. The molecule has 0 bridgehead atoms. The maximum atomic E-state index is 14.0. The summed E-state index contributed by atoms with van der Waals surface area (Å²) < 4.78 is 155. The number of ether oxygens (including phenoxy) is 21. The van der Waals surface area contributed by atoms with E-state index in [4.69, 9.17) is 99.5 Å². The molecular weight excluding hydrogens is 1790 g/mol. The molecule has 4 heterocycles. The number of aliphatic hydroxyl groups excluding tert-OH is 1. The van der Waals surface area contributed by atoms with Gasteiger partial charge in [-0.25, -0.2) is 0 Å². The molecule has 0 spiro atoms. The van der Waals surface area contributed by atoms with E-state index in [-0.39, 0.29) is 118 Å². The number of rotatable bonds is 56. The molecule has 0 aliphatic carbocycles. The first-order valence-corrected chi connectivity index (χ1v) is 49.4. The van der Waals surface area contributed by atoms with Gasteiger partial charge < -0.3 is 105 Å². The summed E-state index contributed by atoms with van der Waals surface area (Å²) in [5, 5.41) is 14.0. The predicted octanol–water partition coefficient (Wildman–Crippen LogP) is 19.9. The van der Waals surface area contributed by atoms with Gasteiger partial charge in [-0.3, -0.25) is 4.79 Å². The summed E-state index contributed by atoms with van der Waals surface area (Å²) >= 11 is 0. The number of hydrogen-bond donors (Lipinski definition) is 1. The minimum atomic E-state index is -1.66. The molecule has 23 nitrogen and oxygen atoms in total. The summed E-state index contributed by atoms with van der Waals surface area (Å²) in [4.78, 5) is 12.2. The zero-order valence-corrected chi connectivity index (χ0v) is 80.1. The Balaban J connectivity index is 0.871. The van der Waals surface area contributed by atoms with Gasteiger partial charge in [-0.1, -0.05) is 390 Å². The Morgan fingerprint density at radius 3 is 0.681 bits per heavy atom. The van der Waals surface area contributed by atoms with Crippen molar-refractivity contribution in [2.45, 2.75) is 247 Å². The van der Waals surface area contributed by atoms with Crippen molar-refractivity contribution in [1.82, 2.24) is 0 Å². The third kappa shape index (κ3) is 32.1. The van der Waals surface area contributed by atoms with E-state index in [0.29, 0.717) is 19.3 Å². The van der Waals surface area contributed by atoms with Crippen molar-refractivity contribution in [2.75, 3.05) is 40.1 Å². The average Bonchev–Trinajstić information content (AvgIpc) is 0.753. The Morgan fingerprint density at radius 1 is 0.220 bits per heavy atom. The first-order chi connectivity index (χ1) is 69.7. The number of carbonyl (C=O) groups is 1. The quantitative estimate of drug-likeness (QED) is 0.0276. The lowest BCUT2D eigenvalue weighted by Gasteiger charge is -2.52. The van der Waals surface area contributed by atoms with Crippen molar-refractivity contribution < 1.29 is 109 Å². The van der Waals surface area contributed by atoms with Crippen LogP contribution in [0.1, 0.15) is 112 Å². The van der Waals surface area contributed by atoms with Gasteiger partial charge in [0, 0.05) is 13.0 Å². The van der Waals surface area contributed by atoms with Gasteiger partial charge in [0.15, 0.2) is 25.2 Å². The monoisotopic (exact) mass is 1920 g/mol. The molecular formula is C118H132O23. The molecule has 20 atom stereocenters. The fraction of sp³-hybridized carbons (Fsp3) is 0.381. The van der Waals surface area contributed by atoms with Crippen molar-refractivity contribution in [2.24, 2.45) is 0 Å². The number of hydrogen-bond acceptors (Lipinski definition) is 23. The van der Waals surface area contributed by atoms with Gasteiger partial charge in [0.1, 0.15) is 97.7 Å². The second-order valence-corrected chi connectivity index (χ2v) is 35.9. The van der Waals surface area contributed by atoms with Crippen LogP contribution in [0.3, 0.4) is 0 Å². The molecule has 0 aromatic heterocycles. The number of benzene rings is 12. The second-order valence-electron chi connectivity index (χ2n) is 35.9. The van der Waals surface area contributed by atoms with Crippen LogP contribution in [-0.4, -0.2) is 174 Å². The maximum Gasteiger partial charge on any atom is 0.305 e. The Labute approximate surface area is 828 Å². The molecule has 12 aromatic carbocycles. The highest BCUT2D eigenvalue weighted by Gasteiger charge is 2.60. The van der Waals surface area contributed by atoms with E-state index in [1.807, 2.05) is 364 Å². The van der Waals surface area contributed by atoms with E-state index in [2.05, 4.69) is 0 Å². The molecule has 4 fully saturated rings. The van der Waals surface area contributed by atoms with Gasteiger partial charge in [0.05, 0.1) is 113 Å².